The van der Waals surface area contributed by atoms with Crippen LogP contribution in [-0.4, -0.2) is 33.4 Å². The number of esters is 1. The van der Waals surface area contributed by atoms with Gasteiger partial charge in [0.15, 0.2) is 6.61 Å². The van der Waals surface area contributed by atoms with E-state index in [4.69, 9.17) is 4.74 Å². The summed E-state index contributed by atoms with van der Waals surface area (Å²) in [6, 6.07) is 20.6. The van der Waals surface area contributed by atoms with Gasteiger partial charge in [0.25, 0.3) is 5.91 Å². The minimum Gasteiger partial charge on any atom is -0.508 e. The van der Waals surface area contributed by atoms with E-state index in [9.17, 15) is 14.7 Å². The summed E-state index contributed by atoms with van der Waals surface area (Å²) in [4.78, 5) is 25.3. The molecule has 0 aliphatic heterocycles. The number of hydrogen-bond acceptors (Lipinski definition) is 7. The van der Waals surface area contributed by atoms with Crippen LogP contribution >= 0.6 is 0 Å². The van der Waals surface area contributed by atoms with E-state index in [0.717, 1.165) is 16.9 Å². The van der Waals surface area contributed by atoms with Crippen molar-refractivity contribution in [1.29, 1.82) is 0 Å². The molecule has 0 spiro atoms. The van der Waals surface area contributed by atoms with Crippen molar-refractivity contribution in [2.75, 3.05) is 11.9 Å². The second-order valence-corrected chi connectivity index (χ2v) is 8.15. The van der Waals surface area contributed by atoms with E-state index in [0.29, 0.717) is 22.8 Å². The van der Waals surface area contributed by atoms with Gasteiger partial charge in [-0.05, 0) is 69.3 Å². The van der Waals surface area contributed by atoms with Gasteiger partial charge < -0.3 is 15.2 Å². The van der Waals surface area contributed by atoms with Gasteiger partial charge in [-0.3, -0.25) is 4.79 Å². The second-order valence-electron chi connectivity index (χ2n) is 8.15. The summed E-state index contributed by atoms with van der Waals surface area (Å²) in [5, 5.41) is 24.9. The van der Waals surface area contributed by atoms with Crippen molar-refractivity contribution in [1.82, 2.24) is 9.78 Å². The Bertz CT molecular complexity index is 1420. The lowest BCUT2D eigenvalue weighted by molar-refractivity contribution is -0.119. The summed E-state index contributed by atoms with van der Waals surface area (Å²) in [5.74, 6) is -1.07. The molecule has 0 saturated carbocycles. The Balaban J connectivity index is 1.41. The average molecular weight is 484 g/mol. The number of nitrogens with zero attached hydrogens (tertiary/aromatic N) is 4. The molecule has 9 nitrogen and oxygen atoms in total. The fraction of sp³-hybridized carbons (Fsp3) is 0.148. The van der Waals surface area contributed by atoms with Crippen molar-refractivity contribution in [2.45, 2.75) is 20.8 Å². The van der Waals surface area contributed by atoms with Crippen molar-refractivity contribution in [2.24, 2.45) is 10.2 Å². The Kier molecular flexibility index (Phi) is 7.20. The number of rotatable bonds is 7. The first kappa shape index (κ1) is 24.3. The van der Waals surface area contributed by atoms with Crippen LogP contribution in [0.3, 0.4) is 0 Å². The number of carbonyl (C=O) groups is 2. The molecule has 3 aromatic carbocycles. The highest BCUT2D eigenvalue weighted by atomic mass is 16.5. The summed E-state index contributed by atoms with van der Waals surface area (Å²) in [7, 11) is 0. The van der Waals surface area contributed by atoms with Crippen LogP contribution in [0.15, 0.2) is 83.0 Å². The van der Waals surface area contributed by atoms with Gasteiger partial charge in [-0.25, -0.2) is 9.48 Å². The molecule has 0 saturated heterocycles. The van der Waals surface area contributed by atoms with Gasteiger partial charge in [0.2, 0.25) is 0 Å². The number of ether oxygens (including phenoxy) is 1. The summed E-state index contributed by atoms with van der Waals surface area (Å²) in [6.07, 6.45) is 0. The van der Waals surface area contributed by atoms with Crippen LogP contribution in [-0.2, 0) is 9.53 Å². The van der Waals surface area contributed by atoms with Crippen LogP contribution in [0.5, 0.6) is 5.75 Å². The summed E-state index contributed by atoms with van der Waals surface area (Å²) < 4.78 is 7.00. The molecule has 0 unspecified atom stereocenters. The standard InChI is InChI=1S/C27H25N5O4/c1-17-8-12-21(13-9-17)32-19(3)26(18(2)31-32)28-25(34)16-36-27(35)23-6-4-5-7-24(23)30-29-20-10-14-22(33)15-11-20/h4-15,33H,16H2,1-3H3,(H,28,34). The van der Waals surface area contributed by atoms with E-state index >= 15 is 0 Å². The number of carbonyl (C=O) groups excluding carboxylic acids is 2. The van der Waals surface area contributed by atoms with Crippen molar-refractivity contribution in [3.8, 4) is 11.4 Å². The van der Waals surface area contributed by atoms with E-state index in [2.05, 4.69) is 20.6 Å². The molecule has 0 atom stereocenters. The number of hydrogen-bond donors (Lipinski definition) is 2. The number of benzene rings is 3. The molecular formula is C27H25N5O4. The maximum atomic E-state index is 12.7. The topological polar surface area (TPSA) is 118 Å². The molecule has 36 heavy (non-hydrogen) atoms. The van der Waals surface area contributed by atoms with Gasteiger partial charge in [0.05, 0.1) is 34.0 Å². The van der Waals surface area contributed by atoms with Crippen LogP contribution < -0.4 is 5.32 Å². The number of aromatic hydroxyl groups is 1. The third kappa shape index (κ3) is 5.64. The fourth-order valence-electron chi connectivity index (χ4n) is 3.51. The minimum atomic E-state index is -0.700. The Hall–Kier alpha value is -4.79. The highest BCUT2D eigenvalue weighted by Crippen LogP contribution is 2.25. The average Bonchev–Trinajstić information content (AvgIpc) is 3.16. The van der Waals surface area contributed by atoms with Crippen LogP contribution in [0, 0.1) is 20.8 Å². The van der Waals surface area contributed by atoms with Crippen molar-refractivity contribution in [3.05, 3.63) is 95.3 Å². The van der Waals surface area contributed by atoms with Gasteiger partial charge in [-0.15, -0.1) is 5.11 Å². The van der Waals surface area contributed by atoms with Crippen molar-refractivity contribution in [3.63, 3.8) is 0 Å². The van der Waals surface area contributed by atoms with Crippen LogP contribution in [0.25, 0.3) is 5.69 Å². The number of phenols is 1. The normalized spacial score (nSPS) is 11.0. The molecule has 2 N–H and O–H groups in total. The molecule has 4 aromatic rings. The van der Waals surface area contributed by atoms with E-state index in [1.165, 1.54) is 12.1 Å². The Morgan fingerprint density at radius 1 is 0.944 bits per heavy atom. The smallest absolute Gasteiger partial charge is 0.340 e. The number of nitrogens with one attached hydrogen (secondary N) is 1. The number of amides is 1. The van der Waals surface area contributed by atoms with Crippen LogP contribution in [0.4, 0.5) is 17.1 Å². The molecule has 9 heteroatoms. The molecule has 1 heterocycles. The SMILES string of the molecule is Cc1ccc(-n2nc(C)c(NC(=O)COC(=O)c3ccccc3N=Nc3ccc(O)cc3)c2C)cc1. The number of anilines is 1. The second kappa shape index (κ2) is 10.6. The zero-order valence-corrected chi connectivity index (χ0v) is 20.1. The maximum absolute atomic E-state index is 12.7. The van der Waals surface area contributed by atoms with E-state index in [-0.39, 0.29) is 11.3 Å². The quantitative estimate of drug-likeness (QED) is 0.258. The van der Waals surface area contributed by atoms with Crippen LogP contribution in [0.1, 0.15) is 27.3 Å². The fourth-order valence-corrected chi connectivity index (χ4v) is 3.51. The maximum Gasteiger partial charge on any atom is 0.340 e. The number of aryl methyl sites for hydroxylation is 2. The van der Waals surface area contributed by atoms with Crippen molar-refractivity contribution >= 4 is 28.9 Å². The van der Waals surface area contributed by atoms with Gasteiger partial charge in [-0.2, -0.15) is 10.2 Å². The molecule has 0 bridgehead atoms. The molecule has 4 rings (SSSR count). The molecule has 0 aliphatic carbocycles. The number of phenolic OH excluding ortho intramolecular Hbond substituents is 1. The van der Waals surface area contributed by atoms with Crippen molar-refractivity contribution < 1.29 is 19.4 Å². The van der Waals surface area contributed by atoms with E-state index in [1.54, 1.807) is 48.0 Å². The first-order chi connectivity index (χ1) is 17.3. The summed E-state index contributed by atoms with van der Waals surface area (Å²) in [6.45, 7) is 5.19. The third-order valence-corrected chi connectivity index (χ3v) is 5.42. The summed E-state index contributed by atoms with van der Waals surface area (Å²) >= 11 is 0. The lowest BCUT2D eigenvalue weighted by atomic mass is 10.2. The lowest BCUT2D eigenvalue weighted by Crippen LogP contribution is -2.21. The predicted molar refractivity (Wildman–Crippen MR) is 135 cm³/mol. The van der Waals surface area contributed by atoms with Gasteiger partial charge in [0.1, 0.15) is 11.4 Å². The predicted octanol–water partition coefficient (Wildman–Crippen LogP) is 5.71. The monoisotopic (exact) mass is 483 g/mol. The zero-order valence-electron chi connectivity index (χ0n) is 20.1. The van der Waals surface area contributed by atoms with Gasteiger partial charge >= 0.3 is 5.97 Å². The zero-order chi connectivity index (χ0) is 25.7. The Morgan fingerprint density at radius 2 is 1.64 bits per heavy atom. The highest BCUT2D eigenvalue weighted by Gasteiger charge is 2.18. The molecule has 182 valence electrons. The number of azo groups is 1. The molecule has 0 radical (unpaired) electrons. The van der Waals surface area contributed by atoms with Crippen LogP contribution in [0.2, 0.25) is 0 Å². The Morgan fingerprint density at radius 3 is 2.36 bits per heavy atom. The molecular weight excluding hydrogens is 458 g/mol. The third-order valence-electron chi connectivity index (χ3n) is 5.42. The molecule has 1 aromatic heterocycles. The highest BCUT2D eigenvalue weighted by molar-refractivity contribution is 5.98. The first-order valence-electron chi connectivity index (χ1n) is 11.2. The Labute approximate surface area is 208 Å². The van der Waals surface area contributed by atoms with E-state index in [1.807, 2.05) is 38.1 Å². The van der Waals surface area contributed by atoms with Gasteiger partial charge in [0, 0.05) is 0 Å². The first-order valence-corrected chi connectivity index (χ1v) is 11.2. The van der Waals surface area contributed by atoms with E-state index < -0.39 is 18.5 Å². The summed E-state index contributed by atoms with van der Waals surface area (Å²) in [5.41, 5.74) is 4.97. The number of aromatic nitrogens is 2. The molecule has 1 amide bonds. The minimum absolute atomic E-state index is 0.115. The largest absolute Gasteiger partial charge is 0.508 e. The molecule has 0 aliphatic rings. The molecule has 0 fully saturated rings. The lowest BCUT2D eigenvalue weighted by Gasteiger charge is -2.09. The van der Waals surface area contributed by atoms with Gasteiger partial charge in [-0.1, -0.05) is 29.8 Å².